The molecule has 0 aliphatic heterocycles. The summed E-state index contributed by atoms with van der Waals surface area (Å²) < 4.78 is 0. The van der Waals surface area contributed by atoms with Crippen molar-refractivity contribution in [2.24, 2.45) is 0 Å². The van der Waals surface area contributed by atoms with Crippen LogP contribution in [0.4, 0.5) is 11.5 Å². The maximum Gasteiger partial charge on any atom is 0.141 e. The Bertz CT molecular complexity index is 1080. The van der Waals surface area contributed by atoms with Crippen LogP contribution in [0.15, 0.2) is 73.1 Å². The van der Waals surface area contributed by atoms with E-state index in [9.17, 15) is 5.11 Å². The van der Waals surface area contributed by atoms with Gasteiger partial charge in [0.1, 0.15) is 18.2 Å². The summed E-state index contributed by atoms with van der Waals surface area (Å²) in [5.41, 5.74) is 5.99. The van der Waals surface area contributed by atoms with E-state index in [1.54, 1.807) is 6.33 Å². The highest BCUT2D eigenvalue weighted by molar-refractivity contribution is 5.91. The van der Waals surface area contributed by atoms with Crippen molar-refractivity contribution in [2.75, 3.05) is 5.32 Å². The predicted octanol–water partition coefficient (Wildman–Crippen LogP) is 5.07. The molecule has 0 aliphatic rings. The first-order valence-electron chi connectivity index (χ1n) is 8.94. The summed E-state index contributed by atoms with van der Waals surface area (Å²) in [4.78, 5) is 8.78. The van der Waals surface area contributed by atoms with Crippen LogP contribution >= 0.6 is 0 Å². The number of aromatic nitrogens is 2. The van der Waals surface area contributed by atoms with Gasteiger partial charge in [-0.15, -0.1) is 0 Å². The monoisotopic (exact) mass is 355 g/mol. The van der Waals surface area contributed by atoms with E-state index in [1.807, 2.05) is 54.6 Å². The third-order valence-corrected chi connectivity index (χ3v) is 4.86. The Morgan fingerprint density at radius 2 is 1.48 bits per heavy atom. The van der Waals surface area contributed by atoms with E-state index in [4.69, 9.17) is 0 Å². The summed E-state index contributed by atoms with van der Waals surface area (Å²) in [7, 11) is 0. The summed E-state index contributed by atoms with van der Waals surface area (Å²) in [6, 6.07) is 21.6. The van der Waals surface area contributed by atoms with Crippen molar-refractivity contribution >= 4 is 22.4 Å². The van der Waals surface area contributed by atoms with Gasteiger partial charge in [-0.25, -0.2) is 9.97 Å². The van der Waals surface area contributed by atoms with Gasteiger partial charge in [0.25, 0.3) is 0 Å². The Labute approximate surface area is 158 Å². The third-order valence-electron chi connectivity index (χ3n) is 4.86. The van der Waals surface area contributed by atoms with Gasteiger partial charge in [0, 0.05) is 11.1 Å². The van der Waals surface area contributed by atoms with E-state index in [-0.39, 0.29) is 0 Å². The van der Waals surface area contributed by atoms with Gasteiger partial charge in [0.2, 0.25) is 0 Å². The van der Waals surface area contributed by atoms with E-state index in [0.29, 0.717) is 0 Å². The van der Waals surface area contributed by atoms with Crippen molar-refractivity contribution < 1.29 is 5.11 Å². The van der Waals surface area contributed by atoms with Gasteiger partial charge in [0.15, 0.2) is 0 Å². The molecule has 0 unspecified atom stereocenters. The highest BCUT2D eigenvalue weighted by Crippen LogP contribution is 2.27. The molecule has 0 fully saturated rings. The molecule has 134 valence electrons. The summed E-state index contributed by atoms with van der Waals surface area (Å²) in [5.74, 6) is 0.777. The van der Waals surface area contributed by atoms with E-state index in [1.165, 1.54) is 11.1 Å². The van der Waals surface area contributed by atoms with Crippen molar-refractivity contribution in [1.29, 1.82) is 0 Å². The molecule has 4 nitrogen and oxygen atoms in total. The third kappa shape index (κ3) is 3.52. The molecule has 0 saturated carbocycles. The van der Waals surface area contributed by atoms with Crippen LogP contribution in [0.1, 0.15) is 28.4 Å². The number of nitrogens with one attached hydrogen (secondary N) is 1. The van der Waals surface area contributed by atoms with Crippen LogP contribution in [-0.2, 0) is 0 Å². The van der Waals surface area contributed by atoms with Crippen molar-refractivity contribution in [1.82, 2.24) is 9.97 Å². The number of benzene rings is 3. The fraction of sp³-hybridized carbons (Fsp3) is 0.130. The standard InChI is InChI=1S/C23H21N3O/c1-15-12-20-21(13-16(15)2)24-14-25-23(20)26-19-10-8-18(9-11-19)22(27)17-6-4-3-5-7-17/h3-14,22,27H,1-2H3,(H,24,25,26)/t22-/m1/s1. The fourth-order valence-corrected chi connectivity index (χ4v) is 3.13. The molecule has 0 spiro atoms. The lowest BCUT2D eigenvalue weighted by Crippen LogP contribution is -2.00. The highest BCUT2D eigenvalue weighted by Gasteiger charge is 2.10. The number of aryl methyl sites for hydroxylation is 2. The maximum absolute atomic E-state index is 10.5. The minimum absolute atomic E-state index is 0.634. The Morgan fingerprint density at radius 3 is 2.22 bits per heavy atom. The first-order chi connectivity index (χ1) is 13.1. The molecule has 4 aromatic rings. The number of hydrogen-bond acceptors (Lipinski definition) is 4. The number of nitrogens with zero attached hydrogens (tertiary/aromatic N) is 2. The van der Waals surface area contributed by atoms with Gasteiger partial charge in [-0.05, 0) is 60.4 Å². The molecule has 0 aliphatic carbocycles. The van der Waals surface area contributed by atoms with Crippen LogP contribution in [0.3, 0.4) is 0 Å². The van der Waals surface area contributed by atoms with Gasteiger partial charge in [0.05, 0.1) is 5.52 Å². The Kier molecular flexibility index (Phi) is 4.57. The SMILES string of the molecule is Cc1cc2ncnc(Nc3ccc([C@H](O)c4ccccc4)cc3)c2cc1C. The second-order valence-corrected chi connectivity index (χ2v) is 6.74. The minimum Gasteiger partial charge on any atom is -0.384 e. The van der Waals surface area contributed by atoms with Gasteiger partial charge in [-0.1, -0.05) is 42.5 Å². The average molecular weight is 355 g/mol. The number of rotatable bonds is 4. The molecule has 1 heterocycles. The first kappa shape index (κ1) is 17.2. The molecule has 2 N–H and O–H groups in total. The molecule has 27 heavy (non-hydrogen) atoms. The Morgan fingerprint density at radius 1 is 0.815 bits per heavy atom. The molecule has 0 radical (unpaired) electrons. The maximum atomic E-state index is 10.5. The van der Waals surface area contributed by atoms with Crippen LogP contribution in [0.25, 0.3) is 10.9 Å². The molecule has 4 heteroatoms. The van der Waals surface area contributed by atoms with Crippen molar-refractivity contribution in [3.8, 4) is 0 Å². The summed E-state index contributed by atoms with van der Waals surface area (Å²) in [5, 5.41) is 14.9. The smallest absolute Gasteiger partial charge is 0.141 e. The van der Waals surface area contributed by atoms with Crippen LogP contribution in [0.2, 0.25) is 0 Å². The quantitative estimate of drug-likeness (QED) is 0.536. The van der Waals surface area contributed by atoms with Crippen LogP contribution in [-0.4, -0.2) is 15.1 Å². The lowest BCUT2D eigenvalue weighted by atomic mass is 10.0. The molecule has 1 atom stereocenters. The number of fused-ring (bicyclic) bond motifs is 1. The Hall–Kier alpha value is -3.24. The second kappa shape index (κ2) is 7.17. The van der Waals surface area contributed by atoms with Crippen LogP contribution < -0.4 is 5.32 Å². The topological polar surface area (TPSA) is 58.0 Å². The van der Waals surface area contributed by atoms with E-state index in [2.05, 4.69) is 41.3 Å². The normalized spacial score (nSPS) is 12.1. The average Bonchev–Trinajstić information content (AvgIpc) is 2.70. The van der Waals surface area contributed by atoms with E-state index >= 15 is 0 Å². The number of aliphatic hydroxyl groups is 1. The largest absolute Gasteiger partial charge is 0.384 e. The minimum atomic E-state index is -0.634. The Balaban J connectivity index is 1.61. The summed E-state index contributed by atoms with van der Waals surface area (Å²) >= 11 is 0. The van der Waals surface area contributed by atoms with E-state index in [0.717, 1.165) is 33.5 Å². The van der Waals surface area contributed by atoms with Gasteiger partial charge >= 0.3 is 0 Å². The van der Waals surface area contributed by atoms with Gasteiger partial charge in [-0.3, -0.25) is 0 Å². The zero-order chi connectivity index (χ0) is 18.8. The molecular weight excluding hydrogens is 334 g/mol. The van der Waals surface area contributed by atoms with Gasteiger partial charge in [-0.2, -0.15) is 0 Å². The lowest BCUT2D eigenvalue weighted by molar-refractivity contribution is 0.220. The zero-order valence-corrected chi connectivity index (χ0v) is 15.3. The molecule has 0 saturated heterocycles. The lowest BCUT2D eigenvalue weighted by Gasteiger charge is -2.13. The summed E-state index contributed by atoms with van der Waals surface area (Å²) in [6.45, 7) is 4.17. The van der Waals surface area contributed by atoms with E-state index < -0.39 is 6.10 Å². The molecule has 3 aromatic carbocycles. The number of hydrogen-bond donors (Lipinski definition) is 2. The first-order valence-corrected chi connectivity index (χ1v) is 8.94. The molecular formula is C23H21N3O. The van der Waals surface area contributed by atoms with Gasteiger partial charge < -0.3 is 10.4 Å². The van der Waals surface area contributed by atoms with Crippen LogP contribution in [0, 0.1) is 13.8 Å². The number of aliphatic hydroxyl groups excluding tert-OH is 1. The highest BCUT2D eigenvalue weighted by atomic mass is 16.3. The van der Waals surface area contributed by atoms with Crippen LogP contribution in [0.5, 0.6) is 0 Å². The zero-order valence-electron chi connectivity index (χ0n) is 15.3. The fourth-order valence-electron chi connectivity index (χ4n) is 3.13. The molecule has 1 aromatic heterocycles. The predicted molar refractivity (Wildman–Crippen MR) is 109 cm³/mol. The van der Waals surface area contributed by atoms with Crippen molar-refractivity contribution in [3.63, 3.8) is 0 Å². The molecule has 0 bridgehead atoms. The second-order valence-electron chi connectivity index (χ2n) is 6.74. The molecule has 4 rings (SSSR count). The number of anilines is 2. The molecule has 0 amide bonds. The van der Waals surface area contributed by atoms with Crippen molar-refractivity contribution in [2.45, 2.75) is 20.0 Å². The van der Waals surface area contributed by atoms with Crippen molar-refractivity contribution in [3.05, 3.63) is 95.3 Å². The summed E-state index contributed by atoms with van der Waals surface area (Å²) in [6.07, 6.45) is 0.943.